The lowest BCUT2D eigenvalue weighted by Gasteiger charge is -2.27. The van der Waals surface area contributed by atoms with Gasteiger partial charge in [0, 0.05) is 28.2 Å². The maximum absolute atomic E-state index is 12.4. The highest BCUT2D eigenvalue weighted by atomic mass is 35.5. The molecule has 0 spiro atoms. The van der Waals surface area contributed by atoms with E-state index in [0.29, 0.717) is 17.0 Å². The third-order valence-electron chi connectivity index (χ3n) is 5.31. The lowest BCUT2D eigenvalue weighted by molar-refractivity contribution is -0.135. The minimum Gasteiger partial charge on any atom is -0.294 e. The van der Waals surface area contributed by atoms with E-state index < -0.39 is 17.3 Å². The summed E-state index contributed by atoms with van der Waals surface area (Å²) < 4.78 is 36.6. The molecule has 6 heteroatoms. The molecule has 0 fully saturated rings. The van der Waals surface area contributed by atoms with Crippen LogP contribution in [0.2, 0.25) is 5.02 Å². The van der Waals surface area contributed by atoms with Crippen molar-refractivity contribution < 1.29 is 18.0 Å². The van der Waals surface area contributed by atoms with E-state index in [-0.39, 0.29) is 18.6 Å². The molecular weight excluding hydrogens is 441 g/mol. The molecule has 0 saturated carbocycles. The predicted octanol–water partition coefficient (Wildman–Crippen LogP) is 8.51. The number of halogens is 4. The monoisotopic (exact) mass is 468 g/mol. The molecule has 0 amide bonds. The summed E-state index contributed by atoms with van der Waals surface area (Å²) in [5.74, 6) is -0.260. The van der Waals surface area contributed by atoms with Crippen LogP contribution < -0.4 is 0 Å². The largest absolute Gasteiger partial charge is 0.389 e. The van der Waals surface area contributed by atoms with Gasteiger partial charge in [-0.15, -0.1) is 0 Å². The Labute approximate surface area is 193 Å². The molecular formula is C25H28ClF3OS. The quantitative estimate of drug-likeness (QED) is 0.303. The summed E-state index contributed by atoms with van der Waals surface area (Å²) in [4.78, 5) is 12.4. The standard InChI is InChI=1S/C25H28ClF3OS/c1-5-18(15-24(4,31)20-11-16(2)12-21(26)14-20)19-8-9-22(17(3)13-19)23(30)7-6-10-25(27,28)29/h5,8-9,11-14,31H,6-7,10,15H2,1-4H3/b18-5+. The van der Waals surface area contributed by atoms with Crippen molar-refractivity contribution in [1.82, 2.24) is 0 Å². The van der Waals surface area contributed by atoms with Gasteiger partial charge in [0.1, 0.15) is 0 Å². The second-order valence-electron chi connectivity index (χ2n) is 8.20. The molecule has 2 aromatic carbocycles. The van der Waals surface area contributed by atoms with Crippen LogP contribution in [0, 0.1) is 13.8 Å². The van der Waals surface area contributed by atoms with Gasteiger partial charge < -0.3 is 0 Å². The predicted molar refractivity (Wildman–Crippen MR) is 126 cm³/mol. The molecule has 0 aliphatic heterocycles. The Balaban J connectivity index is 2.19. The molecule has 0 bridgehead atoms. The number of ketones is 1. The van der Waals surface area contributed by atoms with E-state index in [9.17, 15) is 18.0 Å². The van der Waals surface area contributed by atoms with Crippen molar-refractivity contribution in [2.24, 2.45) is 0 Å². The SMILES string of the molecule is C/C=C(\CC(C)(S)c1cc(C)cc(Cl)c1)c1ccc(C(=O)CCCC(F)(F)F)c(C)c1. The topological polar surface area (TPSA) is 17.1 Å². The highest BCUT2D eigenvalue weighted by Gasteiger charge is 2.27. The van der Waals surface area contributed by atoms with Crippen molar-refractivity contribution in [2.75, 3.05) is 0 Å². The molecule has 0 N–H and O–H groups in total. The Kier molecular flexibility index (Phi) is 8.46. The first-order chi connectivity index (χ1) is 14.3. The third-order valence-corrected chi connectivity index (χ3v) is 5.94. The molecule has 1 atom stereocenters. The fourth-order valence-electron chi connectivity index (χ4n) is 3.65. The van der Waals surface area contributed by atoms with Crippen molar-refractivity contribution in [1.29, 1.82) is 0 Å². The minimum absolute atomic E-state index is 0.112. The normalized spacial score (nSPS) is 14.4. The number of allylic oxidation sites excluding steroid dienone is 2. The van der Waals surface area contributed by atoms with E-state index >= 15 is 0 Å². The van der Waals surface area contributed by atoms with Gasteiger partial charge in [0.2, 0.25) is 0 Å². The summed E-state index contributed by atoms with van der Waals surface area (Å²) in [6.07, 6.45) is -2.82. The van der Waals surface area contributed by atoms with Gasteiger partial charge in [0.25, 0.3) is 0 Å². The number of aryl methyl sites for hydroxylation is 2. The van der Waals surface area contributed by atoms with Crippen molar-refractivity contribution in [2.45, 2.75) is 64.3 Å². The summed E-state index contributed by atoms with van der Waals surface area (Å²) in [5.41, 5.74) is 5.34. The molecule has 2 aromatic rings. The number of alkyl halides is 3. The fourth-order valence-corrected chi connectivity index (χ4v) is 4.24. The van der Waals surface area contributed by atoms with Gasteiger partial charge in [-0.2, -0.15) is 25.8 Å². The summed E-state index contributed by atoms with van der Waals surface area (Å²) in [5, 5.41) is 0.668. The number of thiol groups is 1. The number of hydrogen-bond donors (Lipinski definition) is 1. The lowest BCUT2D eigenvalue weighted by atomic mass is 9.87. The van der Waals surface area contributed by atoms with E-state index in [0.717, 1.165) is 27.8 Å². The number of carbonyl (C=O) groups excluding carboxylic acids is 1. The van der Waals surface area contributed by atoms with Crippen molar-refractivity contribution in [3.8, 4) is 0 Å². The van der Waals surface area contributed by atoms with Crippen LogP contribution in [0.3, 0.4) is 0 Å². The maximum Gasteiger partial charge on any atom is 0.389 e. The van der Waals surface area contributed by atoms with Crippen LogP contribution in [0.25, 0.3) is 5.57 Å². The van der Waals surface area contributed by atoms with E-state index in [1.165, 1.54) is 0 Å². The van der Waals surface area contributed by atoms with E-state index in [1.807, 2.05) is 58.0 Å². The zero-order valence-corrected chi connectivity index (χ0v) is 19.9. The molecule has 2 rings (SSSR count). The van der Waals surface area contributed by atoms with Crippen molar-refractivity contribution in [3.63, 3.8) is 0 Å². The smallest absolute Gasteiger partial charge is 0.294 e. The maximum atomic E-state index is 12.4. The van der Waals surface area contributed by atoms with Crippen LogP contribution >= 0.6 is 24.2 Å². The third kappa shape index (κ3) is 7.43. The van der Waals surface area contributed by atoms with Crippen molar-refractivity contribution >= 4 is 35.6 Å². The Morgan fingerprint density at radius 3 is 2.35 bits per heavy atom. The Bertz CT molecular complexity index is 957. The molecule has 0 heterocycles. The molecule has 0 radical (unpaired) electrons. The van der Waals surface area contributed by atoms with Gasteiger partial charge in [0.15, 0.2) is 5.78 Å². The van der Waals surface area contributed by atoms with Crippen LogP contribution in [0.1, 0.15) is 72.1 Å². The zero-order valence-electron chi connectivity index (χ0n) is 18.2. The molecule has 0 saturated heterocycles. The first kappa shape index (κ1) is 25.5. The number of hydrogen-bond acceptors (Lipinski definition) is 2. The Morgan fingerprint density at radius 1 is 1.13 bits per heavy atom. The minimum atomic E-state index is -4.24. The number of rotatable bonds is 8. The first-order valence-corrected chi connectivity index (χ1v) is 11.0. The number of Topliss-reactive ketones (excluding diaryl/α,β-unsaturated/α-hetero) is 1. The van der Waals surface area contributed by atoms with E-state index in [2.05, 4.69) is 6.07 Å². The summed E-state index contributed by atoms with van der Waals surface area (Å²) in [6, 6.07) is 11.4. The summed E-state index contributed by atoms with van der Waals surface area (Å²) in [7, 11) is 0. The van der Waals surface area contributed by atoms with E-state index in [4.69, 9.17) is 24.2 Å². The molecule has 168 valence electrons. The Hall–Kier alpha value is -1.72. The van der Waals surface area contributed by atoms with Crippen LogP contribution in [0.4, 0.5) is 13.2 Å². The van der Waals surface area contributed by atoms with Gasteiger partial charge in [-0.05, 0) is 80.5 Å². The van der Waals surface area contributed by atoms with Gasteiger partial charge in [0.05, 0.1) is 0 Å². The second kappa shape index (κ2) is 10.3. The highest BCUT2D eigenvalue weighted by molar-refractivity contribution is 7.81. The highest BCUT2D eigenvalue weighted by Crippen LogP contribution is 2.39. The van der Waals surface area contributed by atoms with Crippen LogP contribution in [-0.2, 0) is 4.75 Å². The number of benzene rings is 2. The van der Waals surface area contributed by atoms with Gasteiger partial charge in [-0.25, -0.2) is 0 Å². The van der Waals surface area contributed by atoms with Crippen LogP contribution in [0.5, 0.6) is 0 Å². The molecule has 31 heavy (non-hydrogen) atoms. The molecule has 1 nitrogen and oxygen atoms in total. The van der Waals surface area contributed by atoms with E-state index in [1.54, 1.807) is 6.07 Å². The average molecular weight is 469 g/mol. The van der Waals surface area contributed by atoms with Gasteiger partial charge >= 0.3 is 6.18 Å². The fraction of sp³-hybridized carbons (Fsp3) is 0.400. The van der Waals surface area contributed by atoms with Gasteiger partial charge in [-0.1, -0.05) is 41.9 Å². The van der Waals surface area contributed by atoms with Gasteiger partial charge in [-0.3, -0.25) is 4.79 Å². The summed E-state index contributed by atoms with van der Waals surface area (Å²) in [6.45, 7) is 7.79. The molecule has 1 unspecified atom stereocenters. The van der Waals surface area contributed by atoms with Crippen LogP contribution in [0.15, 0.2) is 42.5 Å². The average Bonchev–Trinajstić information content (AvgIpc) is 2.64. The molecule has 0 aliphatic carbocycles. The molecule has 0 aliphatic rings. The summed E-state index contributed by atoms with van der Waals surface area (Å²) >= 11 is 11.1. The number of carbonyl (C=O) groups is 1. The second-order valence-corrected chi connectivity index (χ2v) is 9.63. The van der Waals surface area contributed by atoms with Crippen molar-refractivity contribution in [3.05, 3.63) is 75.3 Å². The first-order valence-electron chi connectivity index (χ1n) is 10.2. The van der Waals surface area contributed by atoms with Crippen LogP contribution in [-0.4, -0.2) is 12.0 Å². The molecule has 0 aromatic heterocycles. The lowest BCUT2D eigenvalue weighted by Crippen LogP contribution is -2.15. The Morgan fingerprint density at radius 2 is 1.81 bits per heavy atom. The zero-order chi connectivity index (χ0) is 23.4.